The van der Waals surface area contributed by atoms with Crippen molar-refractivity contribution in [2.24, 2.45) is 5.92 Å². The van der Waals surface area contributed by atoms with Gasteiger partial charge in [-0.3, -0.25) is 4.79 Å². The minimum absolute atomic E-state index is 0.0967. The molecule has 1 saturated carbocycles. The Bertz CT molecular complexity index is 198. The van der Waals surface area contributed by atoms with Crippen LogP contribution in [0, 0.1) is 5.92 Å². The molecule has 1 heterocycles. The predicted octanol–water partition coefficient (Wildman–Crippen LogP) is 1.00. The van der Waals surface area contributed by atoms with Crippen LogP contribution < -0.4 is 0 Å². The zero-order chi connectivity index (χ0) is 9.26. The summed E-state index contributed by atoms with van der Waals surface area (Å²) in [5.74, 6) is -1.04. The maximum atomic E-state index is 10.5. The minimum atomic E-state index is -0.749. The summed E-state index contributed by atoms with van der Waals surface area (Å²) in [7, 11) is 0. The average molecular weight is 186 g/mol. The second-order valence-corrected chi connectivity index (χ2v) is 3.65. The number of aliphatic carboxylic acids is 1. The normalized spacial score (nSPS) is 38.6. The topological polar surface area (TPSA) is 55.8 Å². The van der Waals surface area contributed by atoms with Crippen LogP contribution in [0.5, 0.6) is 0 Å². The van der Waals surface area contributed by atoms with Crippen LogP contribution in [0.1, 0.15) is 25.7 Å². The van der Waals surface area contributed by atoms with Crippen LogP contribution in [0.3, 0.4) is 0 Å². The number of carboxylic acids is 1. The van der Waals surface area contributed by atoms with Crippen LogP contribution in [-0.4, -0.2) is 30.1 Å². The zero-order valence-corrected chi connectivity index (χ0v) is 7.44. The fraction of sp³-hybridized carbons (Fsp3) is 0.889. The third kappa shape index (κ3) is 2.19. The number of rotatable bonds is 3. The average Bonchev–Trinajstić information content (AvgIpc) is 2.86. The first-order chi connectivity index (χ1) is 6.27. The van der Waals surface area contributed by atoms with Gasteiger partial charge in [-0.2, -0.15) is 0 Å². The van der Waals surface area contributed by atoms with E-state index in [0.29, 0.717) is 6.42 Å². The molecule has 4 nitrogen and oxygen atoms in total. The summed E-state index contributed by atoms with van der Waals surface area (Å²) in [6.07, 6.45) is 3.52. The van der Waals surface area contributed by atoms with Gasteiger partial charge in [0.25, 0.3) is 0 Å². The summed E-state index contributed by atoms with van der Waals surface area (Å²) in [6, 6.07) is 0. The van der Waals surface area contributed by atoms with Crippen molar-refractivity contribution in [2.75, 3.05) is 6.61 Å². The van der Waals surface area contributed by atoms with Gasteiger partial charge in [-0.1, -0.05) is 0 Å². The molecule has 0 aromatic rings. The molecule has 0 radical (unpaired) electrons. The van der Waals surface area contributed by atoms with Gasteiger partial charge in [0.15, 0.2) is 6.29 Å². The van der Waals surface area contributed by atoms with E-state index in [-0.39, 0.29) is 18.3 Å². The Balaban J connectivity index is 1.70. The van der Waals surface area contributed by atoms with Gasteiger partial charge in [0.05, 0.1) is 12.0 Å². The Labute approximate surface area is 76.8 Å². The molecule has 74 valence electrons. The maximum absolute atomic E-state index is 10.5. The van der Waals surface area contributed by atoms with Gasteiger partial charge in [0, 0.05) is 6.61 Å². The van der Waals surface area contributed by atoms with Crippen LogP contribution in [0.2, 0.25) is 0 Å². The molecule has 0 amide bonds. The van der Waals surface area contributed by atoms with Crippen molar-refractivity contribution in [3.8, 4) is 0 Å². The first-order valence-electron chi connectivity index (χ1n) is 4.77. The molecule has 2 rings (SSSR count). The monoisotopic (exact) mass is 186 g/mol. The first-order valence-corrected chi connectivity index (χ1v) is 4.77. The Morgan fingerprint density at radius 2 is 2.31 bits per heavy atom. The Hall–Kier alpha value is -0.610. The summed E-state index contributed by atoms with van der Waals surface area (Å²) in [5, 5.41) is 8.63. The number of hydrogen-bond donors (Lipinski definition) is 1. The number of hydrogen-bond acceptors (Lipinski definition) is 3. The lowest BCUT2D eigenvalue weighted by atomic mass is 10.2. The number of carboxylic acid groups (broad SMARTS) is 1. The summed E-state index contributed by atoms with van der Waals surface area (Å²) < 4.78 is 10.8. The van der Waals surface area contributed by atoms with Gasteiger partial charge in [-0.15, -0.1) is 0 Å². The smallest absolute Gasteiger partial charge is 0.309 e. The van der Waals surface area contributed by atoms with Crippen molar-refractivity contribution in [1.29, 1.82) is 0 Å². The molecule has 2 aliphatic rings. The van der Waals surface area contributed by atoms with E-state index in [2.05, 4.69) is 0 Å². The van der Waals surface area contributed by atoms with Crippen molar-refractivity contribution in [2.45, 2.75) is 38.1 Å². The van der Waals surface area contributed by atoms with E-state index in [0.717, 1.165) is 25.9 Å². The molecular weight excluding hydrogens is 172 g/mol. The Morgan fingerprint density at radius 3 is 2.85 bits per heavy atom. The van der Waals surface area contributed by atoms with E-state index in [1.807, 2.05) is 0 Å². The second-order valence-electron chi connectivity index (χ2n) is 3.65. The molecule has 0 aromatic heterocycles. The van der Waals surface area contributed by atoms with Crippen LogP contribution in [0.25, 0.3) is 0 Å². The molecule has 2 fully saturated rings. The highest BCUT2D eigenvalue weighted by molar-refractivity contribution is 5.74. The van der Waals surface area contributed by atoms with E-state index < -0.39 is 5.97 Å². The molecular formula is C9H14O4. The molecule has 0 aromatic carbocycles. The second kappa shape index (κ2) is 3.64. The van der Waals surface area contributed by atoms with Crippen molar-refractivity contribution in [1.82, 2.24) is 0 Å². The lowest BCUT2D eigenvalue weighted by molar-refractivity contribution is -0.173. The molecule has 1 unspecified atom stereocenters. The number of ether oxygens (including phenoxy) is 2. The third-order valence-corrected chi connectivity index (χ3v) is 2.51. The van der Waals surface area contributed by atoms with Crippen LogP contribution in [-0.2, 0) is 14.3 Å². The van der Waals surface area contributed by atoms with Crippen LogP contribution in [0.15, 0.2) is 0 Å². The molecule has 4 heteroatoms. The lowest BCUT2D eigenvalue weighted by Gasteiger charge is -2.22. The van der Waals surface area contributed by atoms with Gasteiger partial charge in [0.2, 0.25) is 0 Å². The van der Waals surface area contributed by atoms with E-state index in [1.165, 1.54) is 0 Å². The molecule has 1 saturated heterocycles. The van der Waals surface area contributed by atoms with E-state index >= 15 is 0 Å². The lowest BCUT2D eigenvalue weighted by Crippen LogP contribution is -2.24. The quantitative estimate of drug-likeness (QED) is 0.714. The highest BCUT2D eigenvalue weighted by atomic mass is 16.7. The summed E-state index contributed by atoms with van der Waals surface area (Å²) in [4.78, 5) is 10.5. The minimum Gasteiger partial charge on any atom is -0.481 e. The van der Waals surface area contributed by atoms with Gasteiger partial charge < -0.3 is 14.6 Å². The van der Waals surface area contributed by atoms with Crippen molar-refractivity contribution in [3.63, 3.8) is 0 Å². The van der Waals surface area contributed by atoms with Crippen molar-refractivity contribution < 1.29 is 19.4 Å². The summed E-state index contributed by atoms with van der Waals surface area (Å²) >= 11 is 0. The Kier molecular flexibility index (Phi) is 2.51. The first kappa shape index (κ1) is 8.97. The van der Waals surface area contributed by atoms with Crippen molar-refractivity contribution >= 4 is 5.97 Å². The molecule has 3 atom stereocenters. The van der Waals surface area contributed by atoms with Gasteiger partial charge >= 0.3 is 5.97 Å². The van der Waals surface area contributed by atoms with Gasteiger partial charge in [0.1, 0.15) is 0 Å². The molecule has 13 heavy (non-hydrogen) atoms. The fourth-order valence-electron chi connectivity index (χ4n) is 1.60. The molecule has 1 N–H and O–H groups in total. The maximum Gasteiger partial charge on any atom is 0.309 e. The van der Waals surface area contributed by atoms with Crippen LogP contribution in [0.4, 0.5) is 0 Å². The summed E-state index contributed by atoms with van der Waals surface area (Å²) in [5.41, 5.74) is 0. The Morgan fingerprint density at radius 1 is 1.46 bits per heavy atom. The predicted molar refractivity (Wildman–Crippen MR) is 44.2 cm³/mol. The molecule has 1 aliphatic carbocycles. The standard InChI is InChI=1S/C9H14O4/c10-9(11)6-5-7(6)13-8-3-1-2-4-12-8/h6-8H,1-5H2,(H,10,11)/t6-,7+,8?/m0/s1. The fourth-order valence-corrected chi connectivity index (χ4v) is 1.60. The largest absolute Gasteiger partial charge is 0.481 e. The van der Waals surface area contributed by atoms with Gasteiger partial charge in [-0.25, -0.2) is 0 Å². The molecule has 1 aliphatic heterocycles. The van der Waals surface area contributed by atoms with E-state index in [4.69, 9.17) is 14.6 Å². The number of carbonyl (C=O) groups is 1. The zero-order valence-electron chi connectivity index (χ0n) is 7.44. The molecule has 0 bridgehead atoms. The highest BCUT2D eigenvalue weighted by Crippen LogP contribution is 2.36. The van der Waals surface area contributed by atoms with Crippen LogP contribution >= 0.6 is 0 Å². The summed E-state index contributed by atoms with van der Waals surface area (Å²) in [6.45, 7) is 0.745. The molecule has 0 spiro atoms. The third-order valence-electron chi connectivity index (χ3n) is 2.51. The van der Waals surface area contributed by atoms with E-state index in [1.54, 1.807) is 0 Å². The van der Waals surface area contributed by atoms with Gasteiger partial charge in [-0.05, 0) is 25.7 Å². The van der Waals surface area contributed by atoms with E-state index in [9.17, 15) is 4.79 Å². The highest BCUT2D eigenvalue weighted by Gasteiger charge is 2.46. The SMILES string of the molecule is O=C(O)[C@H]1C[C@H]1OC1CCCCO1. The van der Waals surface area contributed by atoms with Crippen molar-refractivity contribution in [3.05, 3.63) is 0 Å².